The number of hydrogen-bond acceptors (Lipinski definition) is 8. The van der Waals surface area contributed by atoms with Crippen LogP contribution in [-0.4, -0.2) is 81.2 Å². The number of rotatable bonds is 10. The van der Waals surface area contributed by atoms with Crippen LogP contribution in [-0.2, 0) is 18.3 Å². The molecule has 0 amide bonds. The van der Waals surface area contributed by atoms with Crippen LogP contribution in [0.4, 0.5) is 5.95 Å². The Morgan fingerprint density at radius 1 is 1.29 bits per heavy atom. The van der Waals surface area contributed by atoms with E-state index in [4.69, 9.17) is 9.47 Å². The molecule has 1 atom stereocenters. The molecule has 1 fully saturated rings. The first-order valence-corrected chi connectivity index (χ1v) is 11.5. The Hall–Kier alpha value is -3.15. The van der Waals surface area contributed by atoms with Gasteiger partial charge >= 0.3 is 5.69 Å². The molecule has 3 N–H and O–H groups in total. The minimum absolute atomic E-state index is 0.0449. The first-order valence-electron chi connectivity index (χ1n) is 11.5. The van der Waals surface area contributed by atoms with Gasteiger partial charge in [0.15, 0.2) is 11.2 Å². The molecule has 3 aromatic rings. The number of nitrogens with one attached hydrogen (secondary N) is 2. The van der Waals surface area contributed by atoms with Gasteiger partial charge in [-0.25, -0.2) is 4.79 Å². The highest BCUT2D eigenvalue weighted by Gasteiger charge is 2.20. The van der Waals surface area contributed by atoms with Crippen molar-refractivity contribution in [2.24, 2.45) is 7.05 Å². The number of fused-ring (bicyclic) bond motifs is 1. The van der Waals surface area contributed by atoms with E-state index in [9.17, 15) is 14.7 Å². The highest BCUT2D eigenvalue weighted by molar-refractivity contribution is 5.74. The van der Waals surface area contributed by atoms with Crippen LogP contribution in [0.1, 0.15) is 12.0 Å². The van der Waals surface area contributed by atoms with Crippen molar-refractivity contribution in [3.8, 4) is 5.75 Å². The number of anilines is 1. The van der Waals surface area contributed by atoms with Gasteiger partial charge in [0.2, 0.25) is 5.95 Å². The topological polar surface area (TPSA) is 127 Å². The molecular weight excluding hydrogens is 440 g/mol. The maximum Gasteiger partial charge on any atom is 0.329 e. The predicted molar refractivity (Wildman–Crippen MR) is 129 cm³/mol. The SMILES string of the molecule is Cc1cccc(OC[C@H](O)Cn2c(NCCCN3CCOCC3)nc3c2c(=O)[nH]c(=O)n3C)c1. The number of H-pyrrole nitrogens is 1. The highest BCUT2D eigenvalue weighted by Crippen LogP contribution is 2.17. The lowest BCUT2D eigenvalue weighted by atomic mass is 10.2. The van der Waals surface area contributed by atoms with Crippen molar-refractivity contribution in [3.05, 3.63) is 50.7 Å². The molecule has 34 heavy (non-hydrogen) atoms. The Morgan fingerprint density at radius 3 is 2.85 bits per heavy atom. The smallest absolute Gasteiger partial charge is 0.329 e. The molecule has 1 aromatic carbocycles. The number of hydrogen-bond donors (Lipinski definition) is 3. The normalized spacial score (nSPS) is 15.5. The standard InChI is InChI=1S/C23H32N6O5/c1-16-5-3-6-18(13-16)34-15-17(30)14-29-19-20(27(2)23(32)26-21(19)31)25-22(29)24-7-4-8-28-9-11-33-12-10-28/h3,5-6,13,17,30H,4,7-12,14-15H2,1-2H3,(H,24,25)(H,26,31,32)/t17-/m1/s1. The van der Waals surface area contributed by atoms with Crippen molar-refractivity contribution in [1.82, 2.24) is 24.0 Å². The van der Waals surface area contributed by atoms with Gasteiger partial charge in [0.1, 0.15) is 18.5 Å². The Labute approximate surface area is 196 Å². The fraction of sp³-hybridized carbons (Fsp3) is 0.522. The summed E-state index contributed by atoms with van der Waals surface area (Å²) in [5.74, 6) is 1.09. The van der Waals surface area contributed by atoms with Crippen molar-refractivity contribution >= 4 is 17.1 Å². The zero-order chi connectivity index (χ0) is 24.1. The van der Waals surface area contributed by atoms with Gasteiger partial charge < -0.3 is 24.5 Å². The molecule has 0 radical (unpaired) electrons. The number of imidazole rings is 1. The molecule has 0 aliphatic carbocycles. The lowest BCUT2D eigenvalue weighted by Gasteiger charge is -2.26. The molecule has 0 spiro atoms. The van der Waals surface area contributed by atoms with E-state index in [0.717, 1.165) is 44.8 Å². The van der Waals surface area contributed by atoms with E-state index in [-0.39, 0.29) is 24.3 Å². The molecule has 0 unspecified atom stereocenters. The van der Waals surface area contributed by atoms with Gasteiger partial charge in [-0.3, -0.25) is 19.2 Å². The quantitative estimate of drug-likeness (QED) is 0.360. The highest BCUT2D eigenvalue weighted by atomic mass is 16.5. The van der Waals surface area contributed by atoms with Crippen LogP contribution in [0.3, 0.4) is 0 Å². The van der Waals surface area contributed by atoms with Crippen LogP contribution in [0, 0.1) is 6.92 Å². The maximum atomic E-state index is 12.6. The number of morpholine rings is 1. The van der Waals surface area contributed by atoms with Crippen LogP contribution >= 0.6 is 0 Å². The van der Waals surface area contributed by atoms with Crippen LogP contribution in [0.25, 0.3) is 11.2 Å². The third-order valence-electron chi connectivity index (χ3n) is 5.87. The Kier molecular flexibility index (Phi) is 7.66. The number of nitrogens with zero attached hydrogens (tertiary/aromatic N) is 4. The summed E-state index contributed by atoms with van der Waals surface area (Å²) < 4.78 is 14.0. The first-order chi connectivity index (χ1) is 16.4. The zero-order valence-corrected chi connectivity index (χ0v) is 19.6. The summed E-state index contributed by atoms with van der Waals surface area (Å²) in [5, 5.41) is 14.0. The summed E-state index contributed by atoms with van der Waals surface area (Å²) in [5.41, 5.74) is 0.468. The maximum absolute atomic E-state index is 12.6. The minimum atomic E-state index is -0.900. The number of aromatic nitrogens is 4. The Balaban J connectivity index is 1.49. The molecular formula is C23H32N6O5. The van der Waals surface area contributed by atoms with E-state index in [1.165, 1.54) is 4.57 Å². The molecule has 0 bridgehead atoms. The molecule has 1 aliphatic heterocycles. The lowest BCUT2D eigenvalue weighted by molar-refractivity contribution is 0.0378. The number of aryl methyl sites for hydroxylation is 2. The van der Waals surface area contributed by atoms with E-state index in [2.05, 4.69) is 20.2 Å². The third-order valence-corrected chi connectivity index (χ3v) is 5.87. The van der Waals surface area contributed by atoms with Gasteiger partial charge in [0, 0.05) is 26.7 Å². The van der Waals surface area contributed by atoms with Crippen molar-refractivity contribution < 1.29 is 14.6 Å². The van der Waals surface area contributed by atoms with Crippen molar-refractivity contribution in [3.63, 3.8) is 0 Å². The number of aliphatic hydroxyl groups is 1. The Bertz CT molecular complexity index is 1230. The van der Waals surface area contributed by atoms with Crippen molar-refractivity contribution in [2.45, 2.75) is 26.0 Å². The second kappa shape index (κ2) is 10.9. The number of ether oxygens (including phenoxy) is 2. The number of benzene rings is 1. The minimum Gasteiger partial charge on any atom is -0.491 e. The third kappa shape index (κ3) is 5.66. The molecule has 4 rings (SSSR count). The second-order valence-corrected chi connectivity index (χ2v) is 8.55. The van der Waals surface area contributed by atoms with Crippen molar-refractivity contribution in [2.75, 3.05) is 51.3 Å². The van der Waals surface area contributed by atoms with Gasteiger partial charge in [0.05, 0.1) is 19.8 Å². The van der Waals surface area contributed by atoms with E-state index < -0.39 is 17.4 Å². The largest absolute Gasteiger partial charge is 0.491 e. The lowest BCUT2D eigenvalue weighted by Crippen LogP contribution is -2.37. The second-order valence-electron chi connectivity index (χ2n) is 8.55. The van der Waals surface area contributed by atoms with E-state index in [0.29, 0.717) is 18.2 Å². The van der Waals surface area contributed by atoms with Crippen LogP contribution in [0.5, 0.6) is 5.75 Å². The van der Waals surface area contributed by atoms with Crippen molar-refractivity contribution in [1.29, 1.82) is 0 Å². The van der Waals surface area contributed by atoms with Gasteiger partial charge in [-0.05, 0) is 37.6 Å². The summed E-state index contributed by atoms with van der Waals surface area (Å²) in [6.07, 6.45) is -0.0271. The summed E-state index contributed by atoms with van der Waals surface area (Å²) in [4.78, 5) is 33.9. The van der Waals surface area contributed by atoms with Gasteiger partial charge in [-0.1, -0.05) is 12.1 Å². The predicted octanol–water partition coefficient (Wildman–Crippen LogP) is 0.306. The number of aliphatic hydroxyl groups excluding tert-OH is 1. The van der Waals surface area contributed by atoms with E-state index in [1.54, 1.807) is 11.6 Å². The van der Waals surface area contributed by atoms with Crippen LogP contribution in [0.2, 0.25) is 0 Å². The van der Waals surface area contributed by atoms with Gasteiger partial charge in [-0.15, -0.1) is 0 Å². The molecule has 11 heteroatoms. The molecule has 0 saturated carbocycles. The zero-order valence-electron chi connectivity index (χ0n) is 19.6. The van der Waals surface area contributed by atoms with Gasteiger partial charge in [-0.2, -0.15) is 4.98 Å². The molecule has 11 nitrogen and oxygen atoms in total. The van der Waals surface area contributed by atoms with Gasteiger partial charge in [0.25, 0.3) is 5.56 Å². The van der Waals surface area contributed by atoms with E-state index >= 15 is 0 Å². The van der Waals surface area contributed by atoms with E-state index in [1.807, 2.05) is 31.2 Å². The first kappa shape index (κ1) is 24.0. The average molecular weight is 473 g/mol. The summed E-state index contributed by atoms with van der Waals surface area (Å²) >= 11 is 0. The summed E-state index contributed by atoms with van der Waals surface area (Å²) in [6.45, 7) is 6.98. The average Bonchev–Trinajstić information content (AvgIpc) is 3.18. The van der Waals surface area contributed by atoms with Crippen LogP contribution in [0.15, 0.2) is 33.9 Å². The fourth-order valence-corrected chi connectivity index (χ4v) is 4.04. The molecule has 1 aliphatic rings. The summed E-state index contributed by atoms with van der Waals surface area (Å²) in [6, 6.07) is 7.57. The summed E-state index contributed by atoms with van der Waals surface area (Å²) in [7, 11) is 1.55. The molecule has 184 valence electrons. The fourth-order valence-electron chi connectivity index (χ4n) is 4.04. The molecule has 3 heterocycles. The Morgan fingerprint density at radius 2 is 2.09 bits per heavy atom. The molecule has 1 saturated heterocycles. The molecule has 2 aromatic heterocycles. The monoisotopic (exact) mass is 472 g/mol. The number of aromatic amines is 1. The van der Waals surface area contributed by atoms with Crippen LogP contribution < -0.4 is 21.3 Å².